The number of rotatable bonds is 2. The van der Waals surface area contributed by atoms with Crippen LogP contribution in [0.25, 0.3) is 10.1 Å². The molecule has 2 aromatic rings. The summed E-state index contributed by atoms with van der Waals surface area (Å²) in [4.78, 5) is 15.8. The van der Waals surface area contributed by atoms with E-state index in [0.29, 0.717) is 0 Å². The summed E-state index contributed by atoms with van der Waals surface area (Å²) >= 11 is 1.66. The molecule has 3 heterocycles. The van der Waals surface area contributed by atoms with Crippen LogP contribution in [-0.2, 0) is 13.6 Å². The second kappa shape index (κ2) is 4.86. The van der Waals surface area contributed by atoms with E-state index in [-0.39, 0.29) is 5.56 Å². The molecule has 0 amide bonds. The smallest absolute Gasteiger partial charge is 0.268 e. The third-order valence-electron chi connectivity index (χ3n) is 3.63. The zero-order valence-corrected chi connectivity index (χ0v) is 11.5. The van der Waals surface area contributed by atoms with Crippen LogP contribution < -0.4 is 5.56 Å². The fraction of sp³-hybridized carbons (Fsp3) is 0.500. The lowest BCUT2D eigenvalue weighted by atomic mass is 10.1. The van der Waals surface area contributed by atoms with Crippen molar-refractivity contribution in [1.82, 2.24) is 9.47 Å². The molecule has 1 fully saturated rings. The molecule has 0 radical (unpaired) electrons. The first-order valence-corrected chi connectivity index (χ1v) is 7.36. The summed E-state index contributed by atoms with van der Waals surface area (Å²) in [7, 11) is 1.81. The molecule has 3 nitrogen and oxygen atoms in total. The zero-order valence-electron chi connectivity index (χ0n) is 10.7. The summed E-state index contributed by atoms with van der Waals surface area (Å²) in [5.74, 6) is 0. The van der Waals surface area contributed by atoms with E-state index in [1.807, 2.05) is 19.3 Å². The SMILES string of the molecule is Cn1ccc2cc(CN3CCCCC3)sc2c1=O. The van der Waals surface area contributed by atoms with Crippen LogP contribution in [0.3, 0.4) is 0 Å². The molecule has 1 aliphatic rings. The predicted molar refractivity (Wildman–Crippen MR) is 76.2 cm³/mol. The Labute approximate surface area is 111 Å². The first-order chi connectivity index (χ1) is 8.74. The van der Waals surface area contributed by atoms with Gasteiger partial charge in [0.1, 0.15) is 0 Å². The van der Waals surface area contributed by atoms with E-state index in [9.17, 15) is 4.79 Å². The number of nitrogens with zero attached hydrogens (tertiary/aromatic N) is 2. The van der Waals surface area contributed by atoms with Crippen molar-refractivity contribution in [2.24, 2.45) is 7.05 Å². The molecule has 0 unspecified atom stereocenters. The van der Waals surface area contributed by atoms with Gasteiger partial charge in [0.25, 0.3) is 5.56 Å². The summed E-state index contributed by atoms with van der Waals surface area (Å²) in [6.45, 7) is 3.40. The number of aryl methyl sites for hydroxylation is 1. The molecule has 0 aromatic carbocycles. The van der Waals surface area contributed by atoms with E-state index >= 15 is 0 Å². The van der Waals surface area contributed by atoms with Crippen LogP contribution in [0.5, 0.6) is 0 Å². The van der Waals surface area contributed by atoms with Crippen molar-refractivity contribution in [2.45, 2.75) is 25.8 Å². The maximum atomic E-state index is 12.0. The second-order valence-corrected chi connectivity index (χ2v) is 6.20. The lowest BCUT2D eigenvalue weighted by molar-refractivity contribution is 0.223. The molecular weight excluding hydrogens is 244 g/mol. The molecule has 0 bridgehead atoms. The average Bonchev–Trinajstić information content (AvgIpc) is 2.79. The van der Waals surface area contributed by atoms with Crippen LogP contribution in [0.15, 0.2) is 23.1 Å². The minimum Gasteiger partial charge on any atom is -0.317 e. The highest BCUT2D eigenvalue weighted by atomic mass is 32.1. The van der Waals surface area contributed by atoms with Crippen molar-refractivity contribution >= 4 is 21.4 Å². The van der Waals surface area contributed by atoms with Crippen molar-refractivity contribution in [3.05, 3.63) is 33.6 Å². The van der Waals surface area contributed by atoms with Gasteiger partial charge < -0.3 is 4.57 Å². The van der Waals surface area contributed by atoms with E-state index in [1.165, 1.54) is 37.2 Å². The number of aromatic nitrogens is 1. The van der Waals surface area contributed by atoms with Crippen molar-refractivity contribution in [3.63, 3.8) is 0 Å². The van der Waals surface area contributed by atoms with Crippen LogP contribution in [-0.4, -0.2) is 22.6 Å². The van der Waals surface area contributed by atoms with E-state index in [1.54, 1.807) is 15.9 Å². The first-order valence-electron chi connectivity index (χ1n) is 6.54. The van der Waals surface area contributed by atoms with Crippen LogP contribution in [0.2, 0.25) is 0 Å². The summed E-state index contributed by atoms with van der Waals surface area (Å²) in [6, 6.07) is 4.21. The fourth-order valence-corrected chi connectivity index (χ4v) is 3.76. The van der Waals surface area contributed by atoms with E-state index in [2.05, 4.69) is 11.0 Å². The number of hydrogen-bond donors (Lipinski definition) is 0. The number of thiophene rings is 1. The number of pyridine rings is 1. The Balaban J connectivity index is 1.89. The van der Waals surface area contributed by atoms with Gasteiger partial charge in [-0.15, -0.1) is 11.3 Å². The van der Waals surface area contributed by atoms with Crippen LogP contribution in [0.1, 0.15) is 24.1 Å². The van der Waals surface area contributed by atoms with Crippen LogP contribution in [0, 0.1) is 0 Å². The number of piperidine rings is 1. The third-order valence-corrected chi connectivity index (χ3v) is 4.76. The van der Waals surface area contributed by atoms with Gasteiger partial charge in [0.15, 0.2) is 0 Å². The second-order valence-electron chi connectivity index (χ2n) is 5.07. The van der Waals surface area contributed by atoms with Gasteiger partial charge in [-0.05, 0) is 43.5 Å². The van der Waals surface area contributed by atoms with E-state index < -0.39 is 0 Å². The summed E-state index contributed by atoms with van der Waals surface area (Å²) in [5.41, 5.74) is 0.127. The van der Waals surface area contributed by atoms with Crippen LogP contribution >= 0.6 is 11.3 Å². The lowest BCUT2D eigenvalue weighted by Gasteiger charge is -2.25. The van der Waals surface area contributed by atoms with Crippen molar-refractivity contribution in [3.8, 4) is 0 Å². The van der Waals surface area contributed by atoms with Gasteiger partial charge in [0.2, 0.25) is 0 Å². The van der Waals surface area contributed by atoms with Gasteiger partial charge >= 0.3 is 0 Å². The van der Waals surface area contributed by atoms with E-state index in [0.717, 1.165) is 16.6 Å². The van der Waals surface area contributed by atoms with Gasteiger partial charge in [0.05, 0.1) is 4.70 Å². The average molecular weight is 262 g/mol. The molecule has 0 spiro atoms. The lowest BCUT2D eigenvalue weighted by Crippen LogP contribution is -2.28. The molecule has 2 aromatic heterocycles. The molecule has 0 aliphatic carbocycles. The Morgan fingerprint density at radius 2 is 2.06 bits per heavy atom. The molecule has 96 valence electrons. The molecule has 0 N–H and O–H groups in total. The largest absolute Gasteiger partial charge is 0.317 e. The molecule has 18 heavy (non-hydrogen) atoms. The molecular formula is C14H18N2OS. The minimum absolute atomic E-state index is 0.127. The first kappa shape index (κ1) is 11.9. The Kier molecular flexibility index (Phi) is 3.22. The molecule has 1 aliphatic heterocycles. The molecule has 0 saturated carbocycles. The van der Waals surface area contributed by atoms with Crippen molar-refractivity contribution in [2.75, 3.05) is 13.1 Å². The number of hydrogen-bond acceptors (Lipinski definition) is 3. The number of likely N-dealkylation sites (tertiary alicyclic amines) is 1. The highest BCUT2D eigenvalue weighted by Crippen LogP contribution is 2.24. The Morgan fingerprint density at radius 3 is 2.83 bits per heavy atom. The minimum atomic E-state index is 0.127. The Hall–Kier alpha value is -1.13. The maximum absolute atomic E-state index is 12.0. The monoisotopic (exact) mass is 262 g/mol. The van der Waals surface area contributed by atoms with Crippen molar-refractivity contribution < 1.29 is 0 Å². The quantitative estimate of drug-likeness (QED) is 0.831. The topological polar surface area (TPSA) is 25.2 Å². The summed E-state index contributed by atoms with van der Waals surface area (Å²) < 4.78 is 2.55. The molecule has 4 heteroatoms. The van der Waals surface area contributed by atoms with Crippen LogP contribution in [0.4, 0.5) is 0 Å². The maximum Gasteiger partial charge on any atom is 0.268 e. The molecule has 1 saturated heterocycles. The third kappa shape index (κ3) is 2.22. The number of fused-ring (bicyclic) bond motifs is 1. The highest BCUT2D eigenvalue weighted by Gasteiger charge is 2.13. The van der Waals surface area contributed by atoms with Crippen molar-refractivity contribution in [1.29, 1.82) is 0 Å². The van der Waals surface area contributed by atoms with Gasteiger partial charge in [-0.25, -0.2) is 0 Å². The van der Waals surface area contributed by atoms with E-state index in [4.69, 9.17) is 0 Å². The predicted octanol–water partition coefficient (Wildman–Crippen LogP) is 2.59. The van der Waals surface area contributed by atoms with Gasteiger partial charge in [0, 0.05) is 24.7 Å². The normalized spacial score (nSPS) is 17.4. The Morgan fingerprint density at radius 1 is 1.28 bits per heavy atom. The molecule has 0 atom stereocenters. The van der Waals surface area contributed by atoms with Gasteiger partial charge in [-0.3, -0.25) is 9.69 Å². The standard InChI is InChI=1S/C14H18N2OS/c1-15-8-5-11-9-12(18-13(11)14(15)17)10-16-6-3-2-4-7-16/h5,8-9H,2-4,6-7,10H2,1H3. The summed E-state index contributed by atoms with van der Waals surface area (Å²) in [6.07, 6.45) is 5.84. The summed E-state index contributed by atoms with van der Waals surface area (Å²) in [5, 5.41) is 1.09. The zero-order chi connectivity index (χ0) is 12.5. The van der Waals surface area contributed by atoms with Gasteiger partial charge in [-0.1, -0.05) is 6.42 Å². The molecule has 3 rings (SSSR count). The fourth-order valence-electron chi connectivity index (χ4n) is 2.59. The Bertz CT molecular complexity index is 608. The highest BCUT2D eigenvalue weighted by molar-refractivity contribution is 7.19. The van der Waals surface area contributed by atoms with Gasteiger partial charge in [-0.2, -0.15) is 0 Å².